The quantitative estimate of drug-likeness (QED) is 0.870. The maximum Gasteiger partial charge on any atom is 0.241 e. The number of benzene rings is 2. The number of hydrogen-bond donors (Lipinski definition) is 1. The molecule has 130 valence electrons. The Morgan fingerprint density at radius 2 is 1.46 bits per heavy atom. The van der Waals surface area contributed by atoms with E-state index >= 15 is 0 Å². The standard InChI is InChI=1S/C18H23NO4S/c1-13-12-16(23-5)10-11-17(13)24(20,21)19-18(2,3)14-6-8-15(22-4)9-7-14/h6-12,19H,1-5H3. The minimum atomic E-state index is -3.67. The van der Waals surface area contributed by atoms with Gasteiger partial charge >= 0.3 is 0 Å². The number of methoxy groups -OCH3 is 2. The lowest BCUT2D eigenvalue weighted by Gasteiger charge is -2.27. The first kappa shape index (κ1) is 18.3. The number of sulfonamides is 1. The van der Waals surface area contributed by atoms with E-state index in [9.17, 15) is 8.42 Å². The van der Waals surface area contributed by atoms with Crippen molar-refractivity contribution in [1.29, 1.82) is 0 Å². The molecule has 0 heterocycles. The summed E-state index contributed by atoms with van der Waals surface area (Å²) >= 11 is 0. The largest absolute Gasteiger partial charge is 0.497 e. The molecule has 0 fully saturated rings. The van der Waals surface area contributed by atoms with Crippen LogP contribution in [0.4, 0.5) is 0 Å². The first-order chi connectivity index (χ1) is 11.2. The van der Waals surface area contributed by atoms with Crippen LogP contribution in [0.3, 0.4) is 0 Å². The van der Waals surface area contributed by atoms with Gasteiger partial charge in [0.25, 0.3) is 0 Å². The summed E-state index contributed by atoms with van der Waals surface area (Å²) in [7, 11) is -0.532. The zero-order valence-electron chi connectivity index (χ0n) is 14.6. The highest BCUT2D eigenvalue weighted by Crippen LogP contribution is 2.27. The minimum Gasteiger partial charge on any atom is -0.497 e. The van der Waals surface area contributed by atoms with E-state index in [1.807, 2.05) is 38.1 Å². The van der Waals surface area contributed by atoms with Gasteiger partial charge in [-0.3, -0.25) is 0 Å². The summed E-state index contributed by atoms with van der Waals surface area (Å²) in [4.78, 5) is 0.241. The predicted octanol–water partition coefficient (Wildman–Crippen LogP) is 3.23. The second-order valence-corrected chi connectivity index (χ2v) is 7.74. The fourth-order valence-corrected chi connectivity index (χ4v) is 4.14. The maximum atomic E-state index is 12.8. The average molecular weight is 349 g/mol. The molecule has 0 aliphatic carbocycles. The second-order valence-electron chi connectivity index (χ2n) is 6.09. The third kappa shape index (κ3) is 3.88. The van der Waals surface area contributed by atoms with Gasteiger partial charge in [0.1, 0.15) is 11.5 Å². The maximum absolute atomic E-state index is 12.8. The van der Waals surface area contributed by atoms with Crippen molar-refractivity contribution in [2.24, 2.45) is 0 Å². The molecule has 0 spiro atoms. The van der Waals surface area contributed by atoms with Gasteiger partial charge in [-0.2, -0.15) is 0 Å². The molecule has 0 bridgehead atoms. The van der Waals surface area contributed by atoms with Gasteiger partial charge in [-0.05, 0) is 62.2 Å². The lowest BCUT2D eigenvalue weighted by molar-refractivity contribution is 0.413. The number of rotatable bonds is 6. The molecule has 5 nitrogen and oxygen atoms in total. The van der Waals surface area contributed by atoms with Crippen LogP contribution >= 0.6 is 0 Å². The van der Waals surface area contributed by atoms with Crippen molar-refractivity contribution in [2.45, 2.75) is 31.2 Å². The monoisotopic (exact) mass is 349 g/mol. The van der Waals surface area contributed by atoms with E-state index in [0.717, 1.165) is 11.3 Å². The Morgan fingerprint density at radius 3 is 1.96 bits per heavy atom. The van der Waals surface area contributed by atoms with Crippen molar-refractivity contribution in [3.8, 4) is 11.5 Å². The first-order valence-electron chi connectivity index (χ1n) is 7.53. The van der Waals surface area contributed by atoms with Gasteiger partial charge in [-0.15, -0.1) is 0 Å². The fourth-order valence-electron chi connectivity index (χ4n) is 2.51. The Hall–Kier alpha value is -2.05. The van der Waals surface area contributed by atoms with Crippen molar-refractivity contribution < 1.29 is 17.9 Å². The summed E-state index contributed by atoms with van der Waals surface area (Å²) in [5.41, 5.74) is 0.711. The van der Waals surface area contributed by atoms with Gasteiger partial charge < -0.3 is 9.47 Å². The van der Waals surface area contributed by atoms with Gasteiger partial charge in [0.2, 0.25) is 10.0 Å². The Balaban J connectivity index is 2.32. The summed E-state index contributed by atoms with van der Waals surface area (Å²) in [6.07, 6.45) is 0. The Bertz CT molecular complexity index is 811. The molecule has 0 saturated carbocycles. The summed E-state index contributed by atoms with van der Waals surface area (Å²) in [6, 6.07) is 12.2. The fraction of sp³-hybridized carbons (Fsp3) is 0.333. The topological polar surface area (TPSA) is 64.6 Å². The molecule has 1 N–H and O–H groups in total. The molecule has 0 radical (unpaired) electrons. The molecule has 0 aliphatic heterocycles. The molecule has 0 atom stereocenters. The Kier molecular flexibility index (Phi) is 5.20. The SMILES string of the molecule is COc1ccc(C(C)(C)NS(=O)(=O)c2ccc(OC)cc2C)cc1. The Labute approximate surface area is 143 Å². The zero-order valence-corrected chi connectivity index (χ0v) is 15.4. The third-order valence-corrected chi connectivity index (χ3v) is 5.69. The number of hydrogen-bond acceptors (Lipinski definition) is 4. The van der Waals surface area contributed by atoms with Crippen LogP contribution in [0, 0.1) is 6.92 Å². The molecule has 0 amide bonds. The number of ether oxygens (including phenoxy) is 2. The van der Waals surface area contributed by atoms with E-state index in [2.05, 4.69) is 4.72 Å². The molecular weight excluding hydrogens is 326 g/mol. The number of aryl methyl sites for hydroxylation is 1. The van der Waals surface area contributed by atoms with Crippen LogP contribution in [0.2, 0.25) is 0 Å². The second kappa shape index (κ2) is 6.83. The van der Waals surface area contributed by atoms with E-state index in [1.54, 1.807) is 39.3 Å². The highest BCUT2D eigenvalue weighted by atomic mass is 32.2. The van der Waals surface area contributed by atoms with E-state index in [1.165, 1.54) is 0 Å². The Morgan fingerprint density at radius 1 is 0.917 bits per heavy atom. The summed E-state index contributed by atoms with van der Waals surface area (Å²) in [5.74, 6) is 1.35. The zero-order chi connectivity index (χ0) is 18.0. The molecule has 0 saturated heterocycles. The van der Waals surface area contributed by atoms with Crippen LogP contribution in [-0.4, -0.2) is 22.6 Å². The van der Waals surface area contributed by atoms with E-state index in [0.29, 0.717) is 11.3 Å². The lowest BCUT2D eigenvalue weighted by atomic mass is 9.96. The molecule has 0 aliphatic rings. The third-order valence-electron chi connectivity index (χ3n) is 3.87. The normalized spacial score (nSPS) is 12.0. The molecule has 2 aromatic carbocycles. The van der Waals surface area contributed by atoms with Gasteiger partial charge in [-0.25, -0.2) is 13.1 Å². The number of nitrogens with one attached hydrogen (secondary N) is 1. The van der Waals surface area contributed by atoms with Crippen LogP contribution in [0.25, 0.3) is 0 Å². The molecule has 2 rings (SSSR count). The van der Waals surface area contributed by atoms with Gasteiger partial charge in [-0.1, -0.05) is 12.1 Å². The smallest absolute Gasteiger partial charge is 0.241 e. The van der Waals surface area contributed by atoms with Gasteiger partial charge in [0, 0.05) is 0 Å². The van der Waals surface area contributed by atoms with Crippen LogP contribution in [0.5, 0.6) is 11.5 Å². The molecule has 2 aromatic rings. The molecule has 0 aromatic heterocycles. The van der Waals surface area contributed by atoms with Crippen molar-refractivity contribution in [2.75, 3.05) is 14.2 Å². The highest BCUT2D eigenvalue weighted by molar-refractivity contribution is 7.89. The van der Waals surface area contributed by atoms with Crippen LogP contribution in [0.1, 0.15) is 25.0 Å². The van der Waals surface area contributed by atoms with Crippen molar-refractivity contribution in [3.05, 3.63) is 53.6 Å². The summed E-state index contributed by atoms with van der Waals surface area (Å²) in [6.45, 7) is 5.40. The first-order valence-corrected chi connectivity index (χ1v) is 9.01. The molecule has 6 heteroatoms. The highest BCUT2D eigenvalue weighted by Gasteiger charge is 2.29. The average Bonchev–Trinajstić information content (AvgIpc) is 2.53. The summed E-state index contributed by atoms with van der Waals surface area (Å²) < 4.78 is 38.6. The van der Waals surface area contributed by atoms with E-state index in [-0.39, 0.29) is 4.90 Å². The van der Waals surface area contributed by atoms with Crippen molar-refractivity contribution >= 4 is 10.0 Å². The van der Waals surface area contributed by atoms with E-state index in [4.69, 9.17) is 9.47 Å². The van der Waals surface area contributed by atoms with Gasteiger partial charge in [0.15, 0.2) is 0 Å². The van der Waals surface area contributed by atoms with Crippen molar-refractivity contribution in [1.82, 2.24) is 4.72 Å². The van der Waals surface area contributed by atoms with Crippen LogP contribution in [0.15, 0.2) is 47.4 Å². The van der Waals surface area contributed by atoms with Crippen LogP contribution in [-0.2, 0) is 15.6 Å². The summed E-state index contributed by atoms with van der Waals surface area (Å²) in [5, 5.41) is 0. The van der Waals surface area contributed by atoms with Gasteiger partial charge in [0.05, 0.1) is 24.7 Å². The van der Waals surface area contributed by atoms with E-state index < -0.39 is 15.6 Å². The molecule has 24 heavy (non-hydrogen) atoms. The van der Waals surface area contributed by atoms with Crippen molar-refractivity contribution in [3.63, 3.8) is 0 Å². The van der Waals surface area contributed by atoms with Crippen LogP contribution < -0.4 is 14.2 Å². The predicted molar refractivity (Wildman–Crippen MR) is 94.1 cm³/mol. The minimum absolute atomic E-state index is 0.241. The molecular formula is C18H23NO4S. The molecule has 0 unspecified atom stereocenters. The lowest BCUT2D eigenvalue weighted by Crippen LogP contribution is -2.41.